The Bertz CT molecular complexity index is 525. The Morgan fingerprint density at radius 2 is 2.06 bits per heavy atom. The van der Waals surface area contributed by atoms with E-state index in [0.717, 1.165) is 6.07 Å². The smallest absolute Gasteiger partial charge is 0.323 e. The predicted octanol–water partition coefficient (Wildman–Crippen LogP) is 1.72. The number of nitrogens with zero attached hydrogens (tertiary/aromatic N) is 1. The Morgan fingerprint density at radius 3 is 2.69 bits per heavy atom. The topological polar surface area (TPSA) is 66.7 Å². The minimum Gasteiger partial charge on any atom is -0.480 e. The van der Waals surface area contributed by atoms with Gasteiger partial charge in [0.15, 0.2) is 11.7 Å². The van der Waals surface area contributed by atoms with E-state index in [1.807, 2.05) is 0 Å². The lowest BCUT2D eigenvalue weighted by Gasteiger charge is -2.16. The molecule has 1 unspecified atom stereocenters. The molecule has 1 aliphatic heterocycles. The Morgan fingerprint density at radius 1 is 1.38 bits per heavy atom. The van der Waals surface area contributed by atoms with Crippen LogP contribution in [0.15, 0.2) is 23.2 Å². The number of carbonyl (C=O) groups is 2. The van der Waals surface area contributed by atoms with Gasteiger partial charge in [0.25, 0.3) is 0 Å². The number of carboxylic acid groups (broad SMARTS) is 1. The molecule has 4 nitrogen and oxygen atoms in total. The number of Topliss-reactive ketones (excluding diaryl/α,β-unsaturated/α-hetero) is 1. The molecule has 1 aliphatic rings. The highest BCUT2D eigenvalue weighted by molar-refractivity contribution is 6.25. The Kier molecular flexibility index (Phi) is 2.26. The molecule has 16 heavy (non-hydrogen) atoms. The molecule has 0 amide bonds. The minimum atomic E-state index is -2.04. The van der Waals surface area contributed by atoms with Crippen molar-refractivity contribution in [3.8, 4) is 0 Å². The number of carboxylic acids is 1. The van der Waals surface area contributed by atoms with Crippen molar-refractivity contribution in [3.63, 3.8) is 0 Å². The standard InChI is InChI=1S/C10H5F2NO3/c11-4-2-1-3-5-6(4)8(14)7(10(15)16)9(12)13-5/h1-3,7H,(H,15,16). The van der Waals surface area contributed by atoms with Crippen LogP contribution in [0.4, 0.5) is 14.5 Å². The van der Waals surface area contributed by atoms with E-state index >= 15 is 0 Å². The highest BCUT2D eigenvalue weighted by Crippen LogP contribution is 2.31. The summed E-state index contributed by atoms with van der Waals surface area (Å²) in [4.78, 5) is 25.4. The number of benzene rings is 1. The Hall–Kier alpha value is -2.11. The highest BCUT2D eigenvalue weighted by Gasteiger charge is 2.39. The van der Waals surface area contributed by atoms with Crippen molar-refractivity contribution in [3.05, 3.63) is 29.6 Å². The predicted molar refractivity (Wildman–Crippen MR) is 50.1 cm³/mol. The van der Waals surface area contributed by atoms with Crippen molar-refractivity contribution < 1.29 is 23.5 Å². The van der Waals surface area contributed by atoms with Gasteiger partial charge in [0, 0.05) is 0 Å². The van der Waals surface area contributed by atoms with Crippen LogP contribution in [0.3, 0.4) is 0 Å². The molecular formula is C10H5F2NO3. The fourth-order valence-electron chi connectivity index (χ4n) is 1.50. The maximum absolute atomic E-state index is 13.3. The fraction of sp³-hybridized carbons (Fsp3) is 0.100. The molecule has 0 bridgehead atoms. The average Bonchev–Trinajstić information content (AvgIpc) is 2.15. The van der Waals surface area contributed by atoms with Gasteiger partial charge in [-0.25, -0.2) is 9.38 Å². The number of ketones is 1. The van der Waals surface area contributed by atoms with Crippen LogP contribution in [0.1, 0.15) is 10.4 Å². The average molecular weight is 225 g/mol. The molecule has 0 aliphatic carbocycles. The summed E-state index contributed by atoms with van der Waals surface area (Å²) in [6, 6.07) is 3.50. The monoisotopic (exact) mass is 225 g/mol. The molecule has 0 spiro atoms. The molecule has 0 fully saturated rings. The Balaban J connectivity index is 2.66. The lowest BCUT2D eigenvalue weighted by atomic mass is 9.93. The van der Waals surface area contributed by atoms with Gasteiger partial charge >= 0.3 is 5.97 Å². The Labute approximate surface area is 88.2 Å². The summed E-state index contributed by atoms with van der Waals surface area (Å²) < 4.78 is 26.5. The highest BCUT2D eigenvalue weighted by atomic mass is 19.1. The molecule has 6 heteroatoms. The van der Waals surface area contributed by atoms with Crippen molar-refractivity contribution >= 4 is 23.4 Å². The molecule has 1 heterocycles. The second-order valence-corrected chi connectivity index (χ2v) is 3.20. The molecule has 0 radical (unpaired) electrons. The van der Waals surface area contributed by atoms with Crippen LogP contribution in [-0.4, -0.2) is 22.8 Å². The van der Waals surface area contributed by atoms with Crippen molar-refractivity contribution in [2.75, 3.05) is 0 Å². The lowest BCUT2D eigenvalue weighted by molar-refractivity contribution is -0.138. The maximum Gasteiger partial charge on any atom is 0.323 e. The molecule has 1 N–H and O–H groups in total. The molecule has 1 aromatic rings. The summed E-state index contributed by atoms with van der Waals surface area (Å²) in [5, 5.41) is 8.63. The molecular weight excluding hydrogens is 220 g/mol. The second kappa shape index (κ2) is 3.48. The summed E-state index contributed by atoms with van der Waals surface area (Å²) in [6.45, 7) is 0. The lowest BCUT2D eigenvalue weighted by Crippen LogP contribution is -2.32. The first-order valence-electron chi connectivity index (χ1n) is 4.32. The first-order valence-corrected chi connectivity index (χ1v) is 4.32. The van der Waals surface area contributed by atoms with Crippen molar-refractivity contribution in [2.24, 2.45) is 10.9 Å². The van der Waals surface area contributed by atoms with E-state index in [2.05, 4.69) is 4.99 Å². The van der Waals surface area contributed by atoms with Gasteiger partial charge in [0.1, 0.15) is 5.82 Å². The molecule has 1 atom stereocenters. The van der Waals surface area contributed by atoms with Gasteiger partial charge in [-0.05, 0) is 12.1 Å². The normalized spacial score (nSPS) is 19.0. The summed E-state index contributed by atoms with van der Waals surface area (Å²) in [5.41, 5.74) is -0.656. The number of carbonyl (C=O) groups excluding carboxylic acids is 1. The number of hydrogen-bond acceptors (Lipinski definition) is 3. The van der Waals surface area contributed by atoms with Gasteiger partial charge in [-0.2, -0.15) is 4.39 Å². The van der Waals surface area contributed by atoms with Crippen molar-refractivity contribution in [1.29, 1.82) is 0 Å². The third-order valence-electron chi connectivity index (χ3n) is 2.21. The van der Waals surface area contributed by atoms with E-state index in [0.29, 0.717) is 0 Å². The zero-order valence-corrected chi connectivity index (χ0v) is 7.78. The van der Waals surface area contributed by atoms with Crippen LogP contribution in [0.2, 0.25) is 0 Å². The van der Waals surface area contributed by atoms with Gasteiger partial charge in [0.05, 0.1) is 11.3 Å². The number of aliphatic carboxylic acids is 1. The van der Waals surface area contributed by atoms with E-state index in [9.17, 15) is 18.4 Å². The van der Waals surface area contributed by atoms with E-state index in [4.69, 9.17) is 5.11 Å². The number of rotatable bonds is 1. The van der Waals surface area contributed by atoms with Gasteiger partial charge < -0.3 is 5.11 Å². The zero-order chi connectivity index (χ0) is 11.9. The molecule has 0 saturated heterocycles. The summed E-state index contributed by atoms with van der Waals surface area (Å²) >= 11 is 0. The van der Waals surface area contributed by atoms with Crippen molar-refractivity contribution in [2.45, 2.75) is 0 Å². The van der Waals surface area contributed by atoms with Gasteiger partial charge in [-0.1, -0.05) is 6.07 Å². The summed E-state index contributed by atoms with van der Waals surface area (Å²) in [6.07, 6.45) is 0. The largest absolute Gasteiger partial charge is 0.480 e. The quantitative estimate of drug-likeness (QED) is 0.740. The summed E-state index contributed by atoms with van der Waals surface area (Å²) in [7, 11) is 0. The maximum atomic E-state index is 13.3. The van der Waals surface area contributed by atoms with Crippen LogP contribution in [-0.2, 0) is 4.79 Å². The van der Waals surface area contributed by atoms with Gasteiger partial charge in [0.2, 0.25) is 5.97 Å². The SMILES string of the molecule is O=C(O)C1C(=O)c2c(F)cccc2N=C1F. The molecule has 2 rings (SSSR count). The van der Waals surface area contributed by atoms with E-state index in [1.165, 1.54) is 12.1 Å². The number of fused-ring (bicyclic) bond motifs is 1. The van der Waals surface area contributed by atoms with Gasteiger partial charge in [-0.15, -0.1) is 0 Å². The third-order valence-corrected chi connectivity index (χ3v) is 2.21. The number of hydrogen-bond donors (Lipinski definition) is 1. The minimum absolute atomic E-state index is 0.181. The number of halogens is 2. The van der Waals surface area contributed by atoms with Crippen LogP contribution in [0.5, 0.6) is 0 Å². The van der Waals surface area contributed by atoms with Crippen LogP contribution in [0.25, 0.3) is 0 Å². The van der Waals surface area contributed by atoms with Crippen LogP contribution < -0.4 is 0 Å². The fourth-order valence-corrected chi connectivity index (χ4v) is 1.50. The van der Waals surface area contributed by atoms with Crippen LogP contribution >= 0.6 is 0 Å². The third kappa shape index (κ3) is 1.39. The second-order valence-electron chi connectivity index (χ2n) is 3.20. The molecule has 0 saturated carbocycles. The van der Waals surface area contributed by atoms with Crippen LogP contribution in [0, 0.1) is 11.7 Å². The van der Waals surface area contributed by atoms with Gasteiger partial charge in [-0.3, -0.25) is 9.59 Å². The summed E-state index contributed by atoms with van der Waals surface area (Å²) in [5.74, 6) is -7.06. The van der Waals surface area contributed by atoms with E-state index in [-0.39, 0.29) is 5.69 Å². The van der Waals surface area contributed by atoms with E-state index in [1.54, 1.807) is 0 Å². The molecule has 82 valence electrons. The van der Waals surface area contributed by atoms with E-state index < -0.39 is 35.0 Å². The van der Waals surface area contributed by atoms with Crippen molar-refractivity contribution in [1.82, 2.24) is 0 Å². The number of aliphatic imine (C=N–C) groups is 1. The first kappa shape index (κ1) is 10.4. The molecule has 0 aromatic heterocycles. The molecule has 1 aromatic carbocycles. The zero-order valence-electron chi connectivity index (χ0n) is 7.78. The first-order chi connectivity index (χ1) is 7.52.